The van der Waals surface area contributed by atoms with Crippen LogP contribution < -0.4 is 5.11 Å². The third-order valence-electron chi connectivity index (χ3n) is 1.38. The fourth-order valence-electron chi connectivity index (χ4n) is 0.658. The summed E-state index contributed by atoms with van der Waals surface area (Å²) in [6.45, 7) is 3.16. The molecule has 0 bridgehead atoms. The molecule has 1 aromatic rings. The van der Waals surface area contributed by atoms with Gasteiger partial charge in [0.1, 0.15) is 0 Å². The molecule has 0 radical (unpaired) electrons. The Morgan fingerprint density at radius 3 is 2.00 bits per heavy atom. The van der Waals surface area contributed by atoms with Gasteiger partial charge in [-0.05, 0) is 5.56 Å². The maximum Gasteiger partial charge on any atom is 1.00 e. The SMILES string of the molecule is C=CC(=O)OC.O=C([O-])c1ccccc1.[Cu+]. The molecule has 16 heavy (non-hydrogen) atoms. The Hall–Kier alpha value is -1.58. The van der Waals surface area contributed by atoms with E-state index in [0.717, 1.165) is 6.08 Å². The van der Waals surface area contributed by atoms with Crippen molar-refractivity contribution in [3.8, 4) is 0 Å². The molecule has 5 heteroatoms. The zero-order chi connectivity index (χ0) is 11.7. The van der Waals surface area contributed by atoms with Gasteiger partial charge >= 0.3 is 23.0 Å². The molecule has 4 nitrogen and oxygen atoms in total. The van der Waals surface area contributed by atoms with Gasteiger partial charge < -0.3 is 14.6 Å². The number of rotatable bonds is 2. The molecule has 0 spiro atoms. The number of hydrogen-bond acceptors (Lipinski definition) is 4. The van der Waals surface area contributed by atoms with Gasteiger partial charge in [0.05, 0.1) is 13.1 Å². The molecule has 0 saturated heterocycles. The van der Waals surface area contributed by atoms with Crippen LogP contribution in [-0.2, 0) is 26.6 Å². The van der Waals surface area contributed by atoms with Crippen molar-refractivity contribution in [3.63, 3.8) is 0 Å². The number of carbonyl (C=O) groups is 2. The maximum absolute atomic E-state index is 10.1. The number of benzene rings is 1. The molecule has 0 heterocycles. The molecule has 0 aliphatic rings. The summed E-state index contributed by atoms with van der Waals surface area (Å²) in [6, 6.07) is 8.06. The van der Waals surface area contributed by atoms with E-state index in [4.69, 9.17) is 0 Å². The second-order valence-electron chi connectivity index (χ2n) is 2.38. The van der Waals surface area contributed by atoms with Gasteiger partial charge in [-0.3, -0.25) is 0 Å². The van der Waals surface area contributed by atoms with Crippen molar-refractivity contribution < 1.29 is 36.5 Å². The van der Waals surface area contributed by atoms with Gasteiger partial charge in [-0.25, -0.2) is 4.79 Å². The Bertz CT molecular complexity index is 335. The fourth-order valence-corrected chi connectivity index (χ4v) is 0.658. The first-order chi connectivity index (χ1) is 7.11. The molecule has 1 aromatic carbocycles. The molecule has 0 N–H and O–H groups in total. The number of aromatic carboxylic acids is 1. The maximum atomic E-state index is 10.1. The van der Waals surface area contributed by atoms with Crippen molar-refractivity contribution in [3.05, 3.63) is 48.6 Å². The monoisotopic (exact) mass is 270 g/mol. The number of hydrogen-bond donors (Lipinski definition) is 0. The minimum Gasteiger partial charge on any atom is -0.545 e. The van der Waals surface area contributed by atoms with Crippen molar-refractivity contribution in [2.75, 3.05) is 7.11 Å². The average molecular weight is 271 g/mol. The average Bonchev–Trinajstić information content (AvgIpc) is 2.30. The van der Waals surface area contributed by atoms with Gasteiger partial charge in [0, 0.05) is 6.08 Å². The van der Waals surface area contributed by atoms with Crippen LogP contribution in [0.4, 0.5) is 0 Å². The second-order valence-corrected chi connectivity index (χ2v) is 2.38. The van der Waals surface area contributed by atoms with Crippen LogP contribution in [0.2, 0.25) is 0 Å². The molecule has 0 saturated carbocycles. The van der Waals surface area contributed by atoms with Crippen LogP contribution in [0.25, 0.3) is 0 Å². The van der Waals surface area contributed by atoms with Crippen LogP contribution >= 0.6 is 0 Å². The predicted molar refractivity (Wildman–Crippen MR) is 53.0 cm³/mol. The molecular weight excluding hydrogens is 260 g/mol. The summed E-state index contributed by atoms with van der Waals surface area (Å²) < 4.78 is 4.14. The van der Waals surface area contributed by atoms with Crippen LogP contribution in [-0.4, -0.2) is 19.0 Å². The van der Waals surface area contributed by atoms with Crippen molar-refractivity contribution in [1.29, 1.82) is 0 Å². The Morgan fingerprint density at radius 2 is 1.81 bits per heavy atom. The molecule has 0 aliphatic heterocycles. The number of carboxylic acid groups (broad SMARTS) is 1. The van der Waals surface area contributed by atoms with E-state index in [1.807, 2.05) is 0 Å². The zero-order valence-corrected chi connectivity index (χ0v) is 9.55. The predicted octanol–water partition coefficient (Wildman–Crippen LogP) is 0.393. The Balaban J connectivity index is 0. The van der Waals surface area contributed by atoms with Crippen LogP contribution in [0, 0.1) is 0 Å². The summed E-state index contributed by atoms with van der Waals surface area (Å²) in [4.78, 5) is 19.9. The van der Waals surface area contributed by atoms with Gasteiger partial charge in [-0.2, -0.15) is 0 Å². The van der Waals surface area contributed by atoms with Crippen molar-refractivity contribution >= 4 is 11.9 Å². The first kappa shape index (κ1) is 16.8. The molecule has 0 aromatic heterocycles. The van der Waals surface area contributed by atoms with E-state index in [1.165, 1.54) is 19.2 Å². The second kappa shape index (κ2) is 9.96. The van der Waals surface area contributed by atoms with E-state index in [0.29, 0.717) is 0 Å². The summed E-state index contributed by atoms with van der Waals surface area (Å²) in [5.41, 5.74) is 0.220. The number of esters is 1. The van der Waals surface area contributed by atoms with Crippen LogP contribution in [0.15, 0.2) is 43.0 Å². The van der Waals surface area contributed by atoms with E-state index in [1.54, 1.807) is 18.2 Å². The van der Waals surface area contributed by atoms with Gasteiger partial charge in [0.15, 0.2) is 0 Å². The Morgan fingerprint density at radius 1 is 1.31 bits per heavy atom. The van der Waals surface area contributed by atoms with E-state index >= 15 is 0 Å². The van der Waals surface area contributed by atoms with Crippen LogP contribution in [0.5, 0.6) is 0 Å². The van der Waals surface area contributed by atoms with Gasteiger partial charge in [0.2, 0.25) is 0 Å². The van der Waals surface area contributed by atoms with E-state index in [-0.39, 0.29) is 22.6 Å². The summed E-state index contributed by atoms with van der Waals surface area (Å²) in [6.07, 6.45) is 1.11. The number of ether oxygens (including phenoxy) is 1. The smallest absolute Gasteiger partial charge is 0.545 e. The van der Waals surface area contributed by atoms with Gasteiger partial charge in [0.25, 0.3) is 0 Å². The molecule has 0 atom stereocenters. The minimum atomic E-state index is -1.13. The number of methoxy groups -OCH3 is 1. The van der Waals surface area contributed by atoms with Crippen LogP contribution in [0.3, 0.4) is 0 Å². The normalized spacial score (nSPS) is 7.56. The third-order valence-corrected chi connectivity index (χ3v) is 1.38. The molecular formula is C11H11CuO4. The van der Waals surface area contributed by atoms with Crippen molar-refractivity contribution in [2.45, 2.75) is 0 Å². The van der Waals surface area contributed by atoms with E-state index in [2.05, 4.69) is 11.3 Å². The molecule has 1 rings (SSSR count). The fraction of sp³-hybridized carbons (Fsp3) is 0.0909. The summed E-state index contributed by atoms with van der Waals surface area (Å²) in [5.74, 6) is -1.52. The van der Waals surface area contributed by atoms with Crippen molar-refractivity contribution in [1.82, 2.24) is 0 Å². The van der Waals surface area contributed by atoms with Crippen LogP contribution in [0.1, 0.15) is 10.4 Å². The molecule has 0 amide bonds. The molecule has 90 valence electrons. The quantitative estimate of drug-likeness (QED) is 0.443. The third kappa shape index (κ3) is 7.79. The summed E-state index contributed by atoms with van der Waals surface area (Å²) >= 11 is 0. The number of carbonyl (C=O) groups excluding carboxylic acids is 2. The van der Waals surface area contributed by atoms with E-state index < -0.39 is 11.9 Å². The first-order valence-corrected chi connectivity index (χ1v) is 4.08. The summed E-state index contributed by atoms with van der Waals surface area (Å²) in [7, 11) is 1.31. The molecule has 0 fully saturated rings. The van der Waals surface area contributed by atoms with Crippen molar-refractivity contribution in [2.24, 2.45) is 0 Å². The standard InChI is InChI=1S/C7H6O2.C4H6O2.Cu/c8-7(9)6-4-2-1-3-5-6;1-3-4(5)6-2;/h1-5H,(H,8,9);3H,1H2,2H3;/q;;+1/p-1. The minimum absolute atomic E-state index is 0. The first-order valence-electron chi connectivity index (χ1n) is 4.08. The van der Waals surface area contributed by atoms with Gasteiger partial charge in [-0.15, -0.1) is 0 Å². The topological polar surface area (TPSA) is 66.4 Å². The largest absolute Gasteiger partial charge is 1.00 e. The zero-order valence-electron chi connectivity index (χ0n) is 8.61. The van der Waals surface area contributed by atoms with Gasteiger partial charge in [-0.1, -0.05) is 36.9 Å². The molecule has 0 aliphatic carbocycles. The molecule has 0 unspecified atom stereocenters. The Labute approximate surface area is 104 Å². The number of carboxylic acids is 1. The summed E-state index contributed by atoms with van der Waals surface area (Å²) in [5, 5.41) is 10.1. The Kier molecular flexibility index (Phi) is 10.5. The van der Waals surface area contributed by atoms with E-state index in [9.17, 15) is 14.7 Å².